The van der Waals surface area contributed by atoms with Gasteiger partial charge < -0.3 is 14.6 Å². The number of hydrogen-bond donors (Lipinski definition) is 1. The Balaban J connectivity index is 1.93. The van der Waals surface area contributed by atoms with E-state index in [4.69, 9.17) is 14.6 Å². The standard InChI is InChI=1S/C23H18F4O4/c1-30-19-9-7-15(13-3-2-4-14(24)11-13)22(26)17(19)6-5-16-18(25)8-10-20(23(16)27)31-12-21(28)29/h2-4,7-11H,5-6,12H2,1H3,(H,28,29). The monoisotopic (exact) mass is 434 g/mol. The van der Waals surface area contributed by atoms with E-state index in [1.165, 1.54) is 37.4 Å². The number of rotatable bonds is 8. The lowest BCUT2D eigenvalue weighted by Gasteiger charge is -2.15. The van der Waals surface area contributed by atoms with E-state index >= 15 is 4.39 Å². The van der Waals surface area contributed by atoms with Crippen LogP contribution in [-0.4, -0.2) is 24.8 Å². The zero-order valence-electron chi connectivity index (χ0n) is 16.4. The molecule has 0 aliphatic rings. The molecule has 0 spiro atoms. The third-order valence-electron chi connectivity index (χ3n) is 4.68. The van der Waals surface area contributed by atoms with Gasteiger partial charge in [-0.1, -0.05) is 12.1 Å². The minimum atomic E-state index is -1.31. The summed E-state index contributed by atoms with van der Waals surface area (Å²) in [6.07, 6.45) is -0.379. The lowest BCUT2D eigenvalue weighted by Crippen LogP contribution is -2.11. The van der Waals surface area contributed by atoms with Gasteiger partial charge in [0.2, 0.25) is 0 Å². The molecule has 0 saturated heterocycles. The molecular weight excluding hydrogens is 416 g/mol. The Hall–Kier alpha value is -3.55. The molecule has 162 valence electrons. The van der Waals surface area contributed by atoms with E-state index < -0.39 is 41.6 Å². The second-order valence-electron chi connectivity index (χ2n) is 6.64. The van der Waals surface area contributed by atoms with Gasteiger partial charge in [-0.25, -0.2) is 22.4 Å². The first-order valence-corrected chi connectivity index (χ1v) is 9.24. The van der Waals surface area contributed by atoms with Gasteiger partial charge in [0.05, 0.1) is 7.11 Å². The highest BCUT2D eigenvalue weighted by Gasteiger charge is 2.20. The predicted molar refractivity (Wildman–Crippen MR) is 105 cm³/mol. The summed E-state index contributed by atoms with van der Waals surface area (Å²) in [6, 6.07) is 10.3. The summed E-state index contributed by atoms with van der Waals surface area (Å²) in [7, 11) is 1.33. The average molecular weight is 434 g/mol. The van der Waals surface area contributed by atoms with Crippen LogP contribution in [0, 0.1) is 23.3 Å². The van der Waals surface area contributed by atoms with Crippen LogP contribution in [0.2, 0.25) is 0 Å². The fraction of sp³-hybridized carbons (Fsp3) is 0.174. The average Bonchev–Trinajstić information content (AvgIpc) is 2.73. The molecule has 0 aromatic heterocycles. The highest BCUT2D eigenvalue weighted by Crippen LogP contribution is 2.33. The van der Waals surface area contributed by atoms with Gasteiger partial charge in [0.15, 0.2) is 18.2 Å². The molecule has 0 heterocycles. The van der Waals surface area contributed by atoms with Crippen molar-refractivity contribution in [1.29, 1.82) is 0 Å². The van der Waals surface area contributed by atoms with E-state index in [9.17, 15) is 18.0 Å². The maximum atomic E-state index is 15.3. The first-order chi connectivity index (χ1) is 14.8. The molecule has 0 aliphatic heterocycles. The van der Waals surface area contributed by atoms with Gasteiger partial charge >= 0.3 is 5.97 Å². The van der Waals surface area contributed by atoms with Gasteiger partial charge in [-0.15, -0.1) is 0 Å². The molecule has 3 rings (SSSR count). The molecule has 0 aliphatic carbocycles. The zero-order chi connectivity index (χ0) is 22.5. The van der Waals surface area contributed by atoms with Crippen LogP contribution in [0.4, 0.5) is 17.6 Å². The van der Waals surface area contributed by atoms with Crippen LogP contribution in [0.3, 0.4) is 0 Å². The number of carboxylic acid groups (broad SMARTS) is 1. The van der Waals surface area contributed by atoms with Crippen LogP contribution in [0.25, 0.3) is 11.1 Å². The maximum Gasteiger partial charge on any atom is 0.341 e. The first kappa shape index (κ1) is 22.1. The zero-order valence-corrected chi connectivity index (χ0v) is 16.4. The van der Waals surface area contributed by atoms with E-state index in [-0.39, 0.29) is 35.3 Å². The van der Waals surface area contributed by atoms with Crippen LogP contribution in [0.1, 0.15) is 11.1 Å². The summed E-state index contributed by atoms with van der Waals surface area (Å²) in [5.74, 6) is -4.70. The van der Waals surface area contributed by atoms with Crippen molar-refractivity contribution in [3.63, 3.8) is 0 Å². The van der Waals surface area contributed by atoms with E-state index in [1.54, 1.807) is 6.07 Å². The molecule has 31 heavy (non-hydrogen) atoms. The Morgan fingerprint density at radius 1 is 0.903 bits per heavy atom. The second kappa shape index (κ2) is 9.51. The van der Waals surface area contributed by atoms with Gasteiger partial charge in [0.25, 0.3) is 0 Å². The molecule has 8 heteroatoms. The SMILES string of the molecule is COc1ccc(-c2cccc(F)c2)c(F)c1CCc1c(F)ccc(OCC(=O)O)c1F. The van der Waals surface area contributed by atoms with Crippen molar-refractivity contribution in [3.8, 4) is 22.6 Å². The van der Waals surface area contributed by atoms with Crippen LogP contribution >= 0.6 is 0 Å². The number of aliphatic carboxylic acids is 1. The second-order valence-corrected chi connectivity index (χ2v) is 6.64. The Morgan fingerprint density at radius 3 is 2.29 bits per heavy atom. The van der Waals surface area contributed by atoms with Crippen molar-refractivity contribution in [2.75, 3.05) is 13.7 Å². The van der Waals surface area contributed by atoms with Crippen LogP contribution in [-0.2, 0) is 17.6 Å². The highest BCUT2D eigenvalue weighted by atomic mass is 19.1. The van der Waals surface area contributed by atoms with Crippen LogP contribution in [0.5, 0.6) is 11.5 Å². The molecule has 0 bridgehead atoms. The fourth-order valence-electron chi connectivity index (χ4n) is 3.21. The topological polar surface area (TPSA) is 55.8 Å². The van der Waals surface area contributed by atoms with Crippen molar-refractivity contribution in [2.45, 2.75) is 12.8 Å². The van der Waals surface area contributed by atoms with Gasteiger partial charge in [-0.05, 0) is 54.8 Å². The molecule has 4 nitrogen and oxygen atoms in total. The summed E-state index contributed by atoms with van der Waals surface area (Å²) < 4.78 is 67.7. The molecule has 1 N–H and O–H groups in total. The number of ether oxygens (including phenoxy) is 2. The number of carbonyl (C=O) groups is 1. The molecule has 0 amide bonds. The number of carboxylic acids is 1. The first-order valence-electron chi connectivity index (χ1n) is 9.24. The van der Waals surface area contributed by atoms with Crippen molar-refractivity contribution in [1.82, 2.24) is 0 Å². The third-order valence-corrected chi connectivity index (χ3v) is 4.68. The van der Waals surface area contributed by atoms with Gasteiger partial charge in [-0.3, -0.25) is 0 Å². The molecule has 0 atom stereocenters. The quantitative estimate of drug-likeness (QED) is 0.497. The number of methoxy groups -OCH3 is 1. The predicted octanol–water partition coefficient (Wildman–Crippen LogP) is 5.17. The molecule has 0 saturated carbocycles. The Kier molecular flexibility index (Phi) is 6.79. The summed E-state index contributed by atoms with van der Waals surface area (Å²) in [6.45, 7) is -0.792. The van der Waals surface area contributed by atoms with Crippen molar-refractivity contribution in [2.24, 2.45) is 0 Å². The van der Waals surface area contributed by atoms with E-state index in [0.717, 1.165) is 12.1 Å². The summed E-state index contributed by atoms with van der Waals surface area (Å²) in [4.78, 5) is 10.6. The highest BCUT2D eigenvalue weighted by molar-refractivity contribution is 5.68. The fourth-order valence-corrected chi connectivity index (χ4v) is 3.21. The summed E-state index contributed by atoms with van der Waals surface area (Å²) in [5, 5.41) is 8.67. The number of hydrogen-bond acceptors (Lipinski definition) is 3. The van der Waals surface area contributed by atoms with Gasteiger partial charge in [0.1, 0.15) is 23.2 Å². The largest absolute Gasteiger partial charge is 0.496 e. The van der Waals surface area contributed by atoms with Crippen molar-refractivity contribution in [3.05, 3.63) is 82.9 Å². The minimum Gasteiger partial charge on any atom is -0.496 e. The lowest BCUT2D eigenvalue weighted by molar-refractivity contribution is -0.139. The Labute approximate surface area is 175 Å². The van der Waals surface area contributed by atoms with Gasteiger partial charge in [-0.2, -0.15) is 0 Å². The van der Waals surface area contributed by atoms with Crippen molar-refractivity contribution >= 4 is 5.97 Å². The molecule has 0 fully saturated rings. The smallest absolute Gasteiger partial charge is 0.341 e. The van der Waals surface area contributed by atoms with E-state index in [1.807, 2.05) is 0 Å². The van der Waals surface area contributed by atoms with Crippen molar-refractivity contribution < 1.29 is 36.9 Å². The van der Waals surface area contributed by atoms with Gasteiger partial charge in [0, 0.05) is 16.7 Å². The summed E-state index contributed by atoms with van der Waals surface area (Å²) in [5.41, 5.74) is 0.123. The molecule has 0 radical (unpaired) electrons. The maximum absolute atomic E-state index is 15.3. The molecule has 0 unspecified atom stereocenters. The number of halogens is 4. The summed E-state index contributed by atoms with van der Waals surface area (Å²) >= 11 is 0. The van der Waals surface area contributed by atoms with E-state index in [0.29, 0.717) is 5.56 Å². The third kappa shape index (κ3) is 4.96. The normalized spacial score (nSPS) is 10.7. The van der Waals surface area contributed by atoms with E-state index in [2.05, 4.69) is 0 Å². The Bertz CT molecular complexity index is 1110. The number of benzene rings is 3. The Morgan fingerprint density at radius 2 is 1.61 bits per heavy atom. The van der Waals surface area contributed by atoms with Crippen LogP contribution in [0.15, 0.2) is 48.5 Å². The van der Waals surface area contributed by atoms with Crippen LogP contribution < -0.4 is 9.47 Å². The molecular formula is C23H18F4O4. The molecule has 3 aromatic rings. The molecule has 3 aromatic carbocycles. The lowest BCUT2D eigenvalue weighted by atomic mass is 9.96. The minimum absolute atomic E-state index is 0.0694.